The van der Waals surface area contributed by atoms with E-state index in [0.29, 0.717) is 5.92 Å². The Morgan fingerprint density at radius 2 is 1.43 bits per heavy atom. The van der Waals surface area contributed by atoms with Crippen LogP contribution in [-0.4, -0.2) is 13.0 Å². The lowest BCUT2D eigenvalue weighted by molar-refractivity contribution is 0.320. The molecule has 1 saturated carbocycles. The van der Waals surface area contributed by atoms with E-state index in [4.69, 9.17) is 5.14 Å². The van der Waals surface area contributed by atoms with E-state index in [1.54, 1.807) is 12.3 Å². The van der Waals surface area contributed by atoms with Crippen LogP contribution < -0.4 is 5.14 Å². The highest BCUT2D eigenvalue weighted by Crippen LogP contribution is 2.36. The minimum Gasteiger partial charge on any atom is -0.346 e. The van der Waals surface area contributed by atoms with Gasteiger partial charge in [0.05, 0.1) is 0 Å². The number of sulfonamides is 1. The molecule has 0 bridgehead atoms. The number of aromatic nitrogens is 1. The van der Waals surface area contributed by atoms with Gasteiger partial charge < -0.3 is 4.57 Å². The second kappa shape index (κ2) is 8.16. The van der Waals surface area contributed by atoms with Crippen LogP contribution in [0.1, 0.15) is 84.8 Å². The number of hydrogen-bond donors (Lipinski definition) is 1. The van der Waals surface area contributed by atoms with Gasteiger partial charge in [-0.25, -0.2) is 13.6 Å². The Balaban J connectivity index is 2.16. The van der Waals surface area contributed by atoms with Crippen molar-refractivity contribution in [3.63, 3.8) is 0 Å². The molecule has 0 atom stereocenters. The van der Waals surface area contributed by atoms with Crippen molar-refractivity contribution in [2.75, 3.05) is 0 Å². The molecule has 1 fully saturated rings. The van der Waals surface area contributed by atoms with E-state index in [1.807, 2.05) is 0 Å². The van der Waals surface area contributed by atoms with Crippen LogP contribution >= 0.6 is 0 Å². The van der Waals surface area contributed by atoms with Gasteiger partial charge in [0.25, 0.3) is 0 Å². The summed E-state index contributed by atoms with van der Waals surface area (Å²) >= 11 is 0. The van der Waals surface area contributed by atoms with Gasteiger partial charge in [-0.3, -0.25) is 0 Å². The molecule has 0 radical (unpaired) electrons. The lowest BCUT2D eigenvalue weighted by Crippen LogP contribution is -2.17. The molecule has 0 amide bonds. The Bertz CT molecular complexity index is 966. The monoisotopic (exact) mass is 430 g/mol. The second-order valence-corrected chi connectivity index (χ2v) is 12.6. The molecule has 0 spiro atoms. The maximum absolute atomic E-state index is 12.1. The third kappa shape index (κ3) is 5.36. The summed E-state index contributed by atoms with van der Waals surface area (Å²) in [5.74, 6) is 0.589. The van der Waals surface area contributed by atoms with Crippen molar-refractivity contribution in [3.8, 4) is 11.3 Å². The predicted octanol–water partition coefficient (Wildman–Crippen LogP) is 5.98. The van der Waals surface area contributed by atoms with Crippen molar-refractivity contribution in [1.82, 2.24) is 4.57 Å². The lowest BCUT2D eigenvalue weighted by Gasteiger charge is -2.27. The SMILES string of the molecule is CC(C)(C)c1cc(-c2cc(S(N)(=O)=O)cn2CC2CCCCC2)cc(C(C)(C)C)c1. The zero-order valence-electron chi connectivity index (χ0n) is 19.5. The van der Waals surface area contributed by atoms with E-state index >= 15 is 0 Å². The molecule has 1 aromatic heterocycles. The van der Waals surface area contributed by atoms with Gasteiger partial charge in [0.2, 0.25) is 10.0 Å². The van der Waals surface area contributed by atoms with Crippen LogP contribution in [0.3, 0.4) is 0 Å². The van der Waals surface area contributed by atoms with E-state index < -0.39 is 10.0 Å². The van der Waals surface area contributed by atoms with Gasteiger partial charge in [-0.05, 0) is 64.5 Å². The minimum atomic E-state index is -3.75. The van der Waals surface area contributed by atoms with E-state index in [1.165, 1.54) is 43.2 Å². The number of hydrogen-bond acceptors (Lipinski definition) is 2. The van der Waals surface area contributed by atoms with Gasteiger partial charge in [0, 0.05) is 18.4 Å². The van der Waals surface area contributed by atoms with Crippen molar-refractivity contribution in [1.29, 1.82) is 0 Å². The van der Waals surface area contributed by atoms with Crippen LogP contribution in [0.2, 0.25) is 0 Å². The first-order valence-electron chi connectivity index (χ1n) is 11.1. The summed E-state index contributed by atoms with van der Waals surface area (Å²) in [6.45, 7) is 14.1. The van der Waals surface area contributed by atoms with Gasteiger partial charge >= 0.3 is 0 Å². The third-order valence-corrected chi connectivity index (χ3v) is 7.22. The Kier molecular flexibility index (Phi) is 6.28. The molecule has 1 aliphatic carbocycles. The Morgan fingerprint density at radius 3 is 1.90 bits per heavy atom. The van der Waals surface area contributed by atoms with Crippen molar-refractivity contribution in [2.24, 2.45) is 11.1 Å². The molecule has 0 saturated heterocycles. The van der Waals surface area contributed by atoms with Crippen molar-refractivity contribution >= 4 is 10.0 Å². The maximum Gasteiger partial charge on any atom is 0.239 e. The van der Waals surface area contributed by atoms with Crippen LogP contribution in [0.15, 0.2) is 35.4 Å². The molecule has 1 aromatic carbocycles. The van der Waals surface area contributed by atoms with Crippen LogP contribution in [0, 0.1) is 5.92 Å². The third-order valence-electron chi connectivity index (χ3n) is 6.34. The van der Waals surface area contributed by atoms with Crippen molar-refractivity contribution in [2.45, 2.75) is 95.9 Å². The second-order valence-electron chi connectivity index (χ2n) is 11.1. The molecule has 30 heavy (non-hydrogen) atoms. The topological polar surface area (TPSA) is 65.1 Å². The average Bonchev–Trinajstić information content (AvgIpc) is 3.05. The first-order valence-corrected chi connectivity index (χ1v) is 12.7. The summed E-state index contributed by atoms with van der Waals surface area (Å²) in [7, 11) is -3.75. The fourth-order valence-electron chi connectivity index (χ4n) is 4.32. The van der Waals surface area contributed by atoms with Crippen molar-refractivity contribution < 1.29 is 8.42 Å². The Hall–Kier alpha value is -1.59. The number of primary sulfonamides is 1. The minimum absolute atomic E-state index is 0.000420. The molecular formula is C25H38N2O2S. The molecule has 1 aliphatic rings. The van der Waals surface area contributed by atoms with E-state index in [0.717, 1.165) is 17.8 Å². The fraction of sp³-hybridized carbons (Fsp3) is 0.600. The smallest absolute Gasteiger partial charge is 0.239 e. The van der Waals surface area contributed by atoms with Crippen molar-refractivity contribution in [3.05, 3.63) is 41.6 Å². The van der Waals surface area contributed by atoms with Gasteiger partial charge in [-0.1, -0.05) is 66.9 Å². The normalized spacial score (nSPS) is 16.8. The maximum atomic E-state index is 12.1. The molecule has 2 N–H and O–H groups in total. The number of nitrogens with zero attached hydrogens (tertiary/aromatic N) is 1. The summed E-state index contributed by atoms with van der Waals surface area (Å²) in [6, 6.07) is 8.48. The molecular weight excluding hydrogens is 392 g/mol. The van der Waals surface area contributed by atoms with E-state index in [-0.39, 0.29) is 15.7 Å². The first kappa shape index (κ1) is 23.1. The highest BCUT2D eigenvalue weighted by molar-refractivity contribution is 7.89. The highest BCUT2D eigenvalue weighted by atomic mass is 32.2. The number of benzene rings is 1. The highest BCUT2D eigenvalue weighted by Gasteiger charge is 2.24. The van der Waals surface area contributed by atoms with E-state index in [2.05, 4.69) is 64.3 Å². The zero-order chi connectivity index (χ0) is 22.3. The Labute approximate surface area is 182 Å². The molecule has 1 heterocycles. The summed E-state index contributed by atoms with van der Waals surface area (Å²) in [6.07, 6.45) is 7.98. The zero-order valence-corrected chi connectivity index (χ0v) is 20.3. The summed E-state index contributed by atoms with van der Waals surface area (Å²) < 4.78 is 26.4. The molecule has 4 nitrogen and oxygen atoms in total. The van der Waals surface area contributed by atoms with Crippen LogP contribution in [0.5, 0.6) is 0 Å². The number of rotatable bonds is 4. The predicted molar refractivity (Wildman–Crippen MR) is 125 cm³/mol. The van der Waals surface area contributed by atoms with Gasteiger partial charge in [-0.2, -0.15) is 0 Å². The Morgan fingerprint density at radius 1 is 0.900 bits per heavy atom. The summed E-state index contributed by atoms with van der Waals surface area (Å²) in [5, 5.41) is 5.51. The van der Waals surface area contributed by atoms with Gasteiger partial charge in [0.15, 0.2) is 0 Å². The van der Waals surface area contributed by atoms with Crippen LogP contribution in [-0.2, 0) is 27.4 Å². The molecule has 0 aliphatic heterocycles. The van der Waals surface area contributed by atoms with Crippen LogP contribution in [0.4, 0.5) is 0 Å². The largest absolute Gasteiger partial charge is 0.346 e. The van der Waals surface area contributed by atoms with Gasteiger partial charge in [-0.15, -0.1) is 0 Å². The van der Waals surface area contributed by atoms with E-state index in [9.17, 15) is 8.42 Å². The van der Waals surface area contributed by atoms with Crippen LogP contribution in [0.25, 0.3) is 11.3 Å². The quantitative estimate of drug-likeness (QED) is 0.648. The summed E-state index contributed by atoms with van der Waals surface area (Å²) in [4.78, 5) is 0.201. The summed E-state index contributed by atoms with van der Waals surface area (Å²) in [5.41, 5.74) is 4.53. The average molecular weight is 431 g/mol. The molecule has 3 rings (SSSR count). The lowest BCUT2D eigenvalue weighted by atomic mass is 9.79. The molecule has 166 valence electrons. The first-order chi connectivity index (χ1) is 13.7. The molecule has 2 aromatic rings. The number of nitrogens with two attached hydrogens (primary N) is 1. The molecule has 5 heteroatoms. The standard InChI is InChI=1S/C25H38N2O2S/c1-24(2,3)20-12-19(13-21(14-20)25(4,5)6)23-15-22(30(26,28)29)17-27(23)16-18-10-8-7-9-11-18/h12-15,17-18H,7-11,16H2,1-6H3,(H2,26,28,29). The fourth-order valence-corrected chi connectivity index (χ4v) is 4.87. The molecule has 0 unspecified atom stereocenters. The van der Waals surface area contributed by atoms with Gasteiger partial charge in [0.1, 0.15) is 4.90 Å².